The molecule has 9 heteroatoms. The maximum atomic E-state index is 11.5. The topological polar surface area (TPSA) is 87.8 Å². The predicted molar refractivity (Wildman–Crippen MR) is 75.3 cm³/mol. The number of nitrogens with two attached hydrogens (primary N) is 1. The summed E-state index contributed by atoms with van der Waals surface area (Å²) in [7, 11) is -3.84. The molecule has 0 bridgehead atoms. The summed E-state index contributed by atoms with van der Waals surface area (Å²) in [5.74, 6) is 0. The van der Waals surface area contributed by atoms with Gasteiger partial charge in [0.1, 0.15) is 10.1 Å². The normalized spacial score (nSPS) is 19.2. The van der Waals surface area contributed by atoms with Crippen molar-refractivity contribution in [2.45, 2.75) is 11.2 Å². The number of hydrogen-bond acceptors (Lipinski definition) is 5. The van der Waals surface area contributed by atoms with Crippen LogP contribution in [-0.4, -0.2) is 24.3 Å². The van der Waals surface area contributed by atoms with Gasteiger partial charge in [-0.2, -0.15) is 0 Å². The minimum absolute atomic E-state index is 0.0408. The van der Waals surface area contributed by atoms with Gasteiger partial charge in [-0.3, -0.25) is 4.42 Å². The van der Waals surface area contributed by atoms with Crippen LogP contribution in [0.25, 0.3) is 0 Å². The zero-order valence-electron chi connectivity index (χ0n) is 9.49. The Morgan fingerprint density at radius 1 is 1.37 bits per heavy atom. The molecule has 1 aliphatic rings. The van der Waals surface area contributed by atoms with Crippen LogP contribution < -0.4 is 10.5 Å². The van der Waals surface area contributed by atoms with Crippen LogP contribution in [-0.2, 0) is 10.0 Å². The van der Waals surface area contributed by atoms with Gasteiger partial charge in [-0.15, -0.1) is 0 Å². The van der Waals surface area contributed by atoms with Crippen molar-refractivity contribution in [1.82, 2.24) is 4.42 Å². The van der Waals surface area contributed by atoms with Crippen molar-refractivity contribution in [2.24, 2.45) is 10.1 Å². The molecule has 0 aromatic heterocycles. The summed E-state index contributed by atoms with van der Waals surface area (Å²) in [5, 5.41) is 8.23. The predicted octanol–water partition coefficient (Wildman–Crippen LogP) is 1.65. The monoisotopic (exact) mass is 320 g/mol. The first-order chi connectivity index (χ1) is 8.88. The largest absolute Gasteiger partial charge is 0.345 e. The Hall–Kier alpha value is -1.28. The van der Waals surface area contributed by atoms with E-state index in [4.69, 9.17) is 28.5 Å². The molecule has 1 heterocycles. The molecule has 1 atom stereocenters. The van der Waals surface area contributed by atoms with Crippen LogP contribution in [0.1, 0.15) is 0 Å². The van der Waals surface area contributed by atoms with Gasteiger partial charge >= 0.3 is 0 Å². The van der Waals surface area contributed by atoms with Gasteiger partial charge in [0.15, 0.2) is 0 Å². The van der Waals surface area contributed by atoms with Crippen LogP contribution in [0, 0.1) is 0 Å². The van der Waals surface area contributed by atoms with E-state index in [9.17, 15) is 8.42 Å². The minimum atomic E-state index is -3.84. The molecule has 102 valence electrons. The van der Waals surface area contributed by atoms with Crippen LogP contribution in [0.5, 0.6) is 0 Å². The average Bonchev–Trinajstić information content (AvgIpc) is 2.33. The molecular formula is C10H10Cl2N4O2S. The van der Waals surface area contributed by atoms with Crippen molar-refractivity contribution < 1.29 is 8.42 Å². The molecule has 0 aliphatic carbocycles. The minimum Gasteiger partial charge on any atom is -0.345 e. The third kappa shape index (κ3) is 3.38. The van der Waals surface area contributed by atoms with Crippen LogP contribution in [0.3, 0.4) is 0 Å². The molecule has 0 spiro atoms. The molecule has 0 amide bonds. The van der Waals surface area contributed by atoms with E-state index in [2.05, 4.69) is 10.3 Å². The van der Waals surface area contributed by atoms with Crippen molar-refractivity contribution in [1.29, 1.82) is 0 Å². The summed E-state index contributed by atoms with van der Waals surface area (Å²) in [6.07, 6.45) is 2.30. The molecule has 1 aromatic rings. The maximum Gasteiger partial charge on any atom is 0.240 e. The molecule has 2 rings (SSSR count). The molecule has 1 aliphatic heterocycles. The number of rotatable bonds is 3. The third-order valence-corrected chi connectivity index (χ3v) is 3.80. The van der Waals surface area contributed by atoms with E-state index in [1.165, 1.54) is 22.8 Å². The first-order valence-corrected chi connectivity index (χ1v) is 7.38. The average molecular weight is 321 g/mol. The van der Waals surface area contributed by atoms with Crippen LogP contribution in [0.4, 0.5) is 5.69 Å². The van der Waals surface area contributed by atoms with Gasteiger partial charge in [0.25, 0.3) is 0 Å². The Morgan fingerprint density at radius 2 is 2.05 bits per heavy atom. The fourth-order valence-corrected chi connectivity index (χ4v) is 2.50. The summed E-state index contributed by atoms with van der Waals surface area (Å²) in [4.78, 5) is 3.98. The second-order valence-corrected chi connectivity index (χ2v) is 5.98. The van der Waals surface area contributed by atoms with Crippen molar-refractivity contribution in [3.8, 4) is 0 Å². The number of nitrogens with zero attached hydrogens (tertiary/aromatic N) is 2. The fourth-order valence-electron chi connectivity index (χ4n) is 1.50. The van der Waals surface area contributed by atoms with Gasteiger partial charge < -0.3 is 5.32 Å². The van der Waals surface area contributed by atoms with E-state index >= 15 is 0 Å². The number of allylic oxidation sites excluding steroid dienone is 1. The number of para-hydroxylation sites is 1. The number of benzene rings is 1. The van der Waals surface area contributed by atoms with Gasteiger partial charge in [-0.25, -0.2) is 18.5 Å². The Bertz CT molecular complexity index is 645. The molecule has 1 aromatic carbocycles. The highest BCUT2D eigenvalue weighted by Crippen LogP contribution is 2.23. The maximum absolute atomic E-state index is 11.5. The van der Waals surface area contributed by atoms with Gasteiger partial charge in [-0.05, 0) is 18.2 Å². The van der Waals surface area contributed by atoms with Crippen molar-refractivity contribution >= 4 is 44.3 Å². The molecule has 0 saturated heterocycles. The lowest BCUT2D eigenvalue weighted by molar-refractivity contribution is 0.483. The summed E-state index contributed by atoms with van der Waals surface area (Å²) in [5.41, 5.74) is 0.296. The first-order valence-electron chi connectivity index (χ1n) is 5.12. The first kappa shape index (κ1) is 14.1. The van der Waals surface area contributed by atoms with E-state index in [1.54, 1.807) is 18.2 Å². The number of anilines is 1. The lowest BCUT2D eigenvalue weighted by Gasteiger charge is -2.25. The quantitative estimate of drug-likeness (QED) is 0.829. The van der Waals surface area contributed by atoms with Gasteiger partial charge in [0.05, 0.1) is 5.69 Å². The molecule has 3 N–H and O–H groups in total. The van der Waals surface area contributed by atoms with E-state index in [0.717, 1.165) is 0 Å². The highest BCUT2D eigenvalue weighted by atomic mass is 35.5. The number of sulfonamides is 1. The Labute approximate surface area is 120 Å². The zero-order chi connectivity index (χ0) is 14.0. The molecule has 0 fully saturated rings. The zero-order valence-corrected chi connectivity index (χ0v) is 11.8. The lowest BCUT2D eigenvalue weighted by Crippen LogP contribution is -2.32. The summed E-state index contributed by atoms with van der Waals surface area (Å²) >= 11 is 11.7. The highest BCUT2D eigenvalue weighted by Gasteiger charge is 2.20. The number of halogens is 2. The van der Waals surface area contributed by atoms with E-state index < -0.39 is 16.3 Å². The number of nitrogens with one attached hydrogen (secondary N) is 1. The summed E-state index contributed by atoms with van der Waals surface area (Å²) < 4.78 is 24.1. The van der Waals surface area contributed by atoms with Crippen LogP contribution in [0.15, 0.2) is 46.4 Å². The molecule has 6 nitrogen and oxygen atoms in total. The van der Waals surface area contributed by atoms with Crippen LogP contribution >= 0.6 is 23.4 Å². The fraction of sp³-hybridized carbons (Fsp3) is 0.100. The van der Waals surface area contributed by atoms with Crippen molar-refractivity contribution in [3.63, 3.8) is 0 Å². The number of hydrogen-bond donors (Lipinski definition) is 2. The van der Waals surface area contributed by atoms with Crippen LogP contribution in [0.2, 0.25) is 0 Å². The van der Waals surface area contributed by atoms with Gasteiger partial charge in [0.2, 0.25) is 16.3 Å². The Kier molecular flexibility index (Phi) is 4.00. The number of aliphatic imine (C=N–C) groups is 1. The van der Waals surface area contributed by atoms with E-state index in [1.807, 2.05) is 0 Å². The lowest BCUT2D eigenvalue weighted by atomic mass is 10.3. The molecule has 1 unspecified atom stereocenters. The summed E-state index contributed by atoms with van der Waals surface area (Å²) in [6, 6.07) is 6.19. The highest BCUT2D eigenvalue weighted by molar-refractivity contribution is 7.89. The van der Waals surface area contributed by atoms with Crippen molar-refractivity contribution in [2.75, 3.05) is 5.32 Å². The second-order valence-electron chi connectivity index (χ2n) is 3.67. The number of primary sulfonamides is 1. The Morgan fingerprint density at radius 3 is 2.74 bits per heavy atom. The molecule has 0 saturated carbocycles. The standard InChI is InChI=1S/C10H10Cl2N4O2S/c11-9-5-6-16(12)10(15-9)14-7-3-1-2-4-8(7)19(13,17)18/h1-6,10,14H,(H2,13,17,18). The SMILES string of the molecule is NS(=O)(=O)c1ccccc1NC1N=C(Cl)C=CN1Cl. The molecule has 0 radical (unpaired) electrons. The van der Waals surface area contributed by atoms with Crippen molar-refractivity contribution in [3.05, 3.63) is 36.5 Å². The smallest absolute Gasteiger partial charge is 0.240 e. The van der Waals surface area contributed by atoms with Gasteiger partial charge in [-0.1, -0.05) is 23.7 Å². The molecular weight excluding hydrogens is 311 g/mol. The van der Waals surface area contributed by atoms with Gasteiger partial charge in [0, 0.05) is 18.0 Å². The second kappa shape index (κ2) is 5.38. The molecule has 19 heavy (non-hydrogen) atoms. The summed E-state index contributed by atoms with van der Waals surface area (Å²) in [6.45, 7) is 0. The van der Waals surface area contributed by atoms with E-state index in [0.29, 0.717) is 5.69 Å². The third-order valence-electron chi connectivity index (χ3n) is 2.31. The Balaban J connectivity index is 2.32. The van der Waals surface area contributed by atoms with E-state index in [-0.39, 0.29) is 10.1 Å².